The molecular formula is C32H64N2. The predicted molar refractivity (Wildman–Crippen MR) is 154 cm³/mol. The van der Waals surface area contributed by atoms with Gasteiger partial charge in [0.2, 0.25) is 0 Å². The fraction of sp³-hybridized carbons (Fsp3) is 0.938. The summed E-state index contributed by atoms with van der Waals surface area (Å²) >= 11 is 0. The van der Waals surface area contributed by atoms with Crippen LogP contribution in [0.15, 0.2) is 12.4 Å². The molecule has 1 unspecified atom stereocenters. The molecule has 202 valence electrons. The lowest BCUT2D eigenvalue weighted by Crippen LogP contribution is -2.39. The van der Waals surface area contributed by atoms with Crippen LogP contribution in [0.3, 0.4) is 0 Å². The van der Waals surface area contributed by atoms with Crippen molar-refractivity contribution in [3.63, 3.8) is 0 Å². The number of unbranched alkanes of at least 4 members (excludes halogenated alkanes) is 20. The molecule has 2 heteroatoms. The van der Waals surface area contributed by atoms with Gasteiger partial charge in [-0.25, -0.2) is 0 Å². The van der Waals surface area contributed by atoms with Crippen LogP contribution in [0.25, 0.3) is 0 Å². The van der Waals surface area contributed by atoms with Crippen molar-refractivity contribution in [2.24, 2.45) is 0 Å². The number of rotatable bonds is 26. The second-order valence-electron chi connectivity index (χ2n) is 11.1. The van der Waals surface area contributed by atoms with Gasteiger partial charge >= 0.3 is 0 Å². The molecule has 1 aliphatic heterocycles. The summed E-state index contributed by atoms with van der Waals surface area (Å²) in [6.07, 6.45) is 39.5. The van der Waals surface area contributed by atoms with Crippen molar-refractivity contribution in [2.75, 3.05) is 13.1 Å². The zero-order valence-corrected chi connectivity index (χ0v) is 24.0. The molecule has 1 rings (SSSR count). The standard InChI is InChI=1S/C32H64N2/c1-4-7-10-13-14-15-16-17-18-19-20-21-22-24-27-32-33(28-25-12-9-6-3)30-31-34(32)29-26-23-11-8-5-2/h30-32H,4-29H2,1-3H3. The molecular weight excluding hydrogens is 412 g/mol. The molecule has 0 aliphatic carbocycles. The summed E-state index contributed by atoms with van der Waals surface area (Å²) < 4.78 is 0. The predicted octanol–water partition coefficient (Wildman–Crippen LogP) is 10.8. The van der Waals surface area contributed by atoms with E-state index in [9.17, 15) is 0 Å². The van der Waals surface area contributed by atoms with Crippen LogP contribution in [0.2, 0.25) is 0 Å². The SMILES string of the molecule is CCCCCCCCCCCCCCCCC1N(CCCCCC)C=CN1CCCCCCC. The van der Waals surface area contributed by atoms with Crippen molar-refractivity contribution in [3.05, 3.63) is 12.4 Å². The molecule has 1 atom stereocenters. The van der Waals surface area contributed by atoms with Gasteiger partial charge in [0.1, 0.15) is 6.17 Å². The molecule has 34 heavy (non-hydrogen) atoms. The normalized spacial score (nSPS) is 15.7. The van der Waals surface area contributed by atoms with Gasteiger partial charge in [0.05, 0.1) is 0 Å². The lowest BCUT2D eigenvalue weighted by atomic mass is 10.0. The minimum Gasteiger partial charge on any atom is -0.356 e. The van der Waals surface area contributed by atoms with Crippen LogP contribution in [-0.2, 0) is 0 Å². The molecule has 1 heterocycles. The second kappa shape index (κ2) is 24.1. The molecule has 0 amide bonds. The van der Waals surface area contributed by atoms with E-state index in [1.807, 2.05) is 0 Å². The fourth-order valence-corrected chi connectivity index (χ4v) is 5.48. The maximum atomic E-state index is 2.67. The first-order valence-electron chi connectivity index (χ1n) is 16.0. The maximum Gasteiger partial charge on any atom is 0.101 e. The Morgan fingerprint density at radius 2 is 0.676 bits per heavy atom. The average molecular weight is 477 g/mol. The van der Waals surface area contributed by atoms with Gasteiger partial charge in [-0.3, -0.25) is 0 Å². The molecule has 0 bridgehead atoms. The summed E-state index contributed by atoms with van der Waals surface area (Å²) in [7, 11) is 0. The minimum absolute atomic E-state index is 0.644. The van der Waals surface area contributed by atoms with E-state index < -0.39 is 0 Å². The van der Waals surface area contributed by atoms with Crippen molar-refractivity contribution in [3.8, 4) is 0 Å². The van der Waals surface area contributed by atoms with Crippen LogP contribution in [-0.4, -0.2) is 29.1 Å². The molecule has 0 spiro atoms. The van der Waals surface area contributed by atoms with Gasteiger partial charge in [-0.2, -0.15) is 0 Å². The highest BCUT2D eigenvalue weighted by atomic mass is 15.4. The van der Waals surface area contributed by atoms with Crippen molar-refractivity contribution in [1.29, 1.82) is 0 Å². The van der Waals surface area contributed by atoms with Gasteiger partial charge in [-0.15, -0.1) is 0 Å². The third kappa shape index (κ3) is 16.9. The Morgan fingerprint density at radius 3 is 1.06 bits per heavy atom. The molecule has 0 N–H and O–H groups in total. The third-order valence-electron chi connectivity index (χ3n) is 7.82. The van der Waals surface area contributed by atoms with E-state index >= 15 is 0 Å². The molecule has 0 radical (unpaired) electrons. The van der Waals surface area contributed by atoms with E-state index in [-0.39, 0.29) is 0 Å². The monoisotopic (exact) mass is 477 g/mol. The van der Waals surface area contributed by atoms with Crippen LogP contribution < -0.4 is 0 Å². The lowest BCUT2D eigenvalue weighted by molar-refractivity contribution is 0.135. The summed E-state index contributed by atoms with van der Waals surface area (Å²) in [5.74, 6) is 0. The molecule has 1 aliphatic rings. The van der Waals surface area contributed by atoms with Gasteiger partial charge < -0.3 is 9.80 Å². The first-order chi connectivity index (χ1) is 16.8. The second-order valence-corrected chi connectivity index (χ2v) is 11.1. The van der Waals surface area contributed by atoms with Crippen LogP contribution in [0.4, 0.5) is 0 Å². The first kappa shape index (κ1) is 31.4. The Hall–Kier alpha value is -0.660. The Kier molecular flexibility index (Phi) is 22.2. The van der Waals surface area contributed by atoms with Gasteiger partial charge in [0.15, 0.2) is 0 Å². The third-order valence-corrected chi connectivity index (χ3v) is 7.82. The summed E-state index contributed by atoms with van der Waals surface area (Å²) in [4.78, 5) is 5.35. The molecule has 0 fully saturated rings. The molecule has 0 aromatic carbocycles. The van der Waals surface area contributed by atoms with Crippen LogP contribution in [0.1, 0.15) is 175 Å². The van der Waals surface area contributed by atoms with Crippen molar-refractivity contribution in [2.45, 2.75) is 181 Å². The van der Waals surface area contributed by atoms with Crippen LogP contribution in [0.5, 0.6) is 0 Å². The van der Waals surface area contributed by atoms with Crippen molar-refractivity contribution < 1.29 is 0 Å². The molecule has 0 aromatic heterocycles. The number of hydrogen-bond acceptors (Lipinski definition) is 2. The van der Waals surface area contributed by atoms with E-state index in [0.29, 0.717) is 6.17 Å². The topological polar surface area (TPSA) is 6.48 Å². The van der Waals surface area contributed by atoms with Gasteiger partial charge in [-0.1, -0.05) is 149 Å². The summed E-state index contributed by atoms with van der Waals surface area (Å²) in [6.45, 7) is 9.45. The van der Waals surface area contributed by atoms with Crippen LogP contribution >= 0.6 is 0 Å². The average Bonchev–Trinajstić information content (AvgIpc) is 3.23. The molecule has 0 aromatic rings. The smallest absolute Gasteiger partial charge is 0.101 e. The highest BCUT2D eigenvalue weighted by Crippen LogP contribution is 2.24. The summed E-state index contributed by atoms with van der Waals surface area (Å²) in [5, 5.41) is 0. The highest BCUT2D eigenvalue weighted by molar-refractivity contribution is 4.97. The zero-order chi connectivity index (χ0) is 24.5. The molecule has 2 nitrogen and oxygen atoms in total. The van der Waals surface area contributed by atoms with E-state index in [1.54, 1.807) is 0 Å². The lowest BCUT2D eigenvalue weighted by Gasteiger charge is -2.33. The quantitative estimate of drug-likeness (QED) is 0.114. The Bertz CT molecular complexity index is 433. The Labute approximate surface area is 216 Å². The Balaban J connectivity index is 2.12. The maximum absolute atomic E-state index is 2.67. The highest BCUT2D eigenvalue weighted by Gasteiger charge is 2.24. The minimum atomic E-state index is 0.644. The van der Waals surface area contributed by atoms with E-state index in [0.717, 1.165) is 0 Å². The van der Waals surface area contributed by atoms with E-state index in [4.69, 9.17) is 0 Å². The molecule has 0 saturated heterocycles. The van der Waals surface area contributed by atoms with Gasteiger partial charge in [-0.05, 0) is 25.7 Å². The fourth-order valence-electron chi connectivity index (χ4n) is 5.48. The van der Waals surface area contributed by atoms with Crippen molar-refractivity contribution in [1.82, 2.24) is 9.80 Å². The van der Waals surface area contributed by atoms with E-state index in [1.165, 1.54) is 167 Å². The summed E-state index contributed by atoms with van der Waals surface area (Å²) in [5.41, 5.74) is 0. The number of nitrogens with zero attached hydrogens (tertiary/aromatic N) is 2. The Morgan fingerprint density at radius 1 is 0.382 bits per heavy atom. The van der Waals surface area contributed by atoms with E-state index in [2.05, 4.69) is 43.0 Å². The van der Waals surface area contributed by atoms with Crippen LogP contribution in [0, 0.1) is 0 Å². The van der Waals surface area contributed by atoms with Gasteiger partial charge in [0, 0.05) is 25.5 Å². The van der Waals surface area contributed by atoms with Gasteiger partial charge in [0.25, 0.3) is 0 Å². The van der Waals surface area contributed by atoms with Crippen molar-refractivity contribution >= 4 is 0 Å². The first-order valence-corrected chi connectivity index (χ1v) is 16.0. The summed E-state index contributed by atoms with van der Waals surface area (Å²) in [6, 6.07) is 0. The molecule has 0 saturated carbocycles. The largest absolute Gasteiger partial charge is 0.356 e. The number of hydrogen-bond donors (Lipinski definition) is 0. The zero-order valence-electron chi connectivity index (χ0n) is 24.0.